The second-order valence-corrected chi connectivity index (χ2v) is 6.26. The number of hydrogen-bond donors (Lipinski definition) is 2. The molecule has 0 saturated carbocycles. The smallest absolute Gasteiger partial charge is 0.324 e. The molecule has 2 aliphatic heterocycles. The van der Waals surface area contributed by atoms with Crippen molar-refractivity contribution in [3.8, 4) is 0 Å². The summed E-state index contributed by atoms with van der Waals surface area (Å²) in [5.41, 5.74) is 1.20. The summed E-state index contributed by atoms with van der Waals surface area (Å²) < 4.78 is 0. The number of rotatable bonds is 4. The van der Waals surface area contributed by atoms with Crippen molar-refractivity contribution in [3.05, 3.63) is 35.4 Å². The number of piperidine rings is 1. The molecule has 0 aromatic heterocycles. The number of carboxylic acid groups (broad SMARTS) is 1. The van der Waals surface area contributed by atoms with Gasteiger partial charge >= 0.3 is 12.0 Å². The van der Waals surface area contributed by atoms with Gasteiger partial charge in [0.1, 0.15) is 0 Å². The molecule has 8 heteroatoms. The molecule has 2 heterocycles. The van der Waals surface area contributed by atoms with Gasteiger partial charge in [0.25, 0.3) is 5.91 Å². The van der Waals surface area contributed by atoms with Crippen LogP contribution in [0.4, 0.5) is 4.79 Å². The molecule has 2 aliphatic rings. The lowest BCUT2D eigenvalue weighted by Gasteiger charge is -2.30. The fourth-order valence-corrected chi connectivity index (χ4v) is 3.10. The van der Waals surface area contributed by atoms with Crippen molar-refractivity contribution in [3.63, 3.8) is 0 Å². The van der Waals surface area contributed by atoms with E-state index in [2.05, 4.69) is 5.32 Å². The van der Waals surface area contributed by atoms with Crippen LogP contribution in [0.2, 0.25) is 0 Å². The molecule has 132 valence electrons. The summed E-state index contributed by atoms with van der Waals surface area (Å²) in [6.07, 6.45) is 1.26. The predicted octanol–water partition coefficient (Wildman–Crippen LogP) is 0.675. The summed E-state index contributed by atoms with van der Waals surface area (Å²) in [5, 5.41) is 11.6. The summed E-state index contributed by atoms with van der Waals surface area (Å²) in [5.74, 6) is -1.87. The van der Waals surface area contributed by atoms with Crippen molar-refractivity contribution in [1.82, 2.24) is 15.1 Å². The average Bonchev–Trinajstić information content (AvgIpc) is 2.94. The Bertz CT molecular complexity index is 699. The number of urea groups is 1. The highest BCUT2D eigenvalue weighted by atomic mass is 16.4. The molecule has 4 amide bonds. The Labute approximate surface area is 144 Å². The highest BCUT2D eigenvalue weighted by Crippen LogP contribution is 2.19. The Kier molecular flexibility index (Phi) is 4.69. The van der Waals surface area contributed by atoms with E-state index >= 15 is 0 Å². The number of benzene rings is 1. The van der Waals surface area contributed by atoms with Gasteiger partial charge in [-0.3, -0.25) is 19.3 Å². The van der Waals surface area contributed by atoms with E-state index in [1.807, 2.05) is 0 Å². The number of nitrogens with zero attached hydrogens (tertiary/aromatic N) is 2. The minimum absolute atomic E-state index is 0.00903. The molecule has 1 aromatic carbocycles. The largest absolute Gasteiger partial charge is 0.481 e. The van der Waals surface area contributed by atoms with Crippen LogP contribution in [0.5, 0.6) is 0 Å². The zero-order chi connectivity index (χ0) is 18.0. The third-order valence-corrected chi connectivity index (χ3v) is 4.54. The molecule has 2 N–H and O–H groups in total. The van der Waals surface area contributed by atoms with Crippen LogP contribution in [-0.4, -0.2) is 58.4 Å². The number of carbonyl (C=O) groups excluding carboxylic acids is 3. The summed E-state index contributed by atoms with van der Waals surface area (Å²) >= 11 is 0. The lowest BCUT2D eigenvalue weighted by atomic mass is 9.97. The van der Waals surface area contributed by atoms with E-state index in [0.29, 0.717) is 24.9 Å². The minimum Gasteiger partial charge on any atom is -0.481 e. The number of amides is 4. The van der Waals surface area contributed by atoms with Crippen LogP contribution in [0.25, 0.3) is 0 Å². The molecular formula is C17H19N3O5. The topological polar surface area (TPSA) is 107 Å². The molecule has 0 aliphatic carbocycles. The van der Waals surface area contributed by atoms with Gasteiger partial charge in [-0.15, -0.1) is 0 Å². The van der Waals surface area contributed by atoms with Gasteiger partial charge in [0.15, 0.2) is 0 Å². The van der Waals surface area contributed by atoms with Gasteiger partial charge in [-0.2, -0.15) is 0 Å². The molecule has 2 saturated heterocycles. The molecule has 1 atom stereocenters. The SMILES string of the molecule is O=C(O)C1CCCN(C(=O)c2ccc(CN3C(=O)CNC3=O)cc2)C1. The quantitative estimate of drug-likeness (QED) is 0.780. The van der Waals surface area contributed by atoms with Gasteiger partial charge in [0, 0.05) is 18.7 Å². The lowest BCUT2D eigenvalue weighted by Crippen LogP contribution is -2.42. The fraction of sp³-hybridized carbons (Fsp3) is 0.412. The number of carbonyl (C=O) groups is 4. The first-order chi connectivity index (χ1) is 12.0. The van der Waals surface area contributed by atoms with Crippen molar-refractivity contribution in [1.29, 1.82) is 0 Å². The molecule has 25 heavy (non-hydrogen) atoms. The molecule has 0 radical (unpaired) electrons. The van der Waals surface area contributed by atoms with Gasteiger partial charge in [0.2, 0.25) is 5.91 Å². The first-order valence-electron chi connectivity index (χ1n) is 8.15. The van der Waals surface area contributed by atoms with Crippen molar-refractivity contribution in [2.75, 3.05) is 19.6 Å². The normalized spacial score (nSPS) is 20.6. The van der Waals surface area contributed by atoms with Crippen LogP contribution in [0.3, 0.4) is 0 Å². The summed E-state index contributed by atoms with van der Waals surface area (Å²) in [4.78, 5) is 49.5. The van der Waals surface area contributed by atoms with Crippen LogP contribution in [0, 0.1) is 5.92 Å². The van der Waals surface area contributed by atoms with E-state index in [1.165, 1.54) is 0 Å². The average molecular weight is 345 g/mol. The molecule has 1 unspecified atom stereocenters. The van der Waals surface area contributed by atoms with Crippen molar-refractivity contribution in [2.45, 2.75) is 19.4 Å². The number of carboxylic acids is 1. The molecule has 8 nitrogen and oxygen atoms in total. The molecule has 0 spiro atoms. The Hall–Kier alpha value is -2.90. The van der Waals surface area contributed by atoms with Gasteiger partial charge in [0.05, 0.1) is 19.0 Å². The highest BCUT2D eigenvalue weighted by Gasteiger charge is 2.30. The fourth-order valence-electron chi connectivity index (χ4n) is 3.10. The zero-order valence-electron chi connectivity index (χ0n) is 13.6. The maximum atomic E-state index is 12.5. The van der Waals surface area contributed by atoms with Gasteiger partial charge < -0.3 is 15.3 Å². The second-order valence-electron chi connectivity index (χ2n) is 6.26. The summed E-state index contributed by atoms with van der Waals surface area (Å²) in [6, 6.07) is 6.26. The Morgan fingerprint density at radius 1 is 1.20 bits per heavy atom. The zero-order valence-corrected chi connectivity index (χ0v) is 13.6. The van der Waals surface area contributed by atoms with Crippen LogP contribution in [-0.2, 0) is 16.1 Å². The molecule has 3 rings (SSSR count). The Morgan fingerprint density at radius 2 is 1.92 bits per heavy atom. The van der Waals surface area contributed by atoms with E-state index in [-0.39, 0.29) is 31.4 Å². The van der Waals surface area contributed by atoms with E-state index in [9.17, 15) is 19.2 Å². The monoisotopic (exact) mass is 345 g/mol. The third kappa shape index (κ3) is 3.62. The van der Waals surface area contributed by atoms with E-state index in [1.54, 1.807) is 29.2 Å². The maximum Gasteiger partial charge on any atom is 0.324 e. The number of aliphatic carboxylic acids is 1. The summed E-state index contributed by atoms with van der Waals surface area (Å²) in [6.45, 7) is 0.935. The van der Waals surface area contributed by atoms with E-state index in [4.69, 9.17) is 5.11 Å². The van der Waals surface area contributed by atoms with Crippen LogP contribution < -0.4 is 5.32 Å². The van der Waals surface area contributed by atoms with Gasteiger partial charge in [-0.1, -0.05) is 12.1 Å². The van der Waals surface area contributed by atoms with E-state index in [0.717, 1.165) is 10.5 Å². The van der Waals surface area contributed by atoms with Crippen molar-refractivity contribution >= 4 is 23.8 Å². The first kappa shape index (κ1) is 16.9. The predicted molar refractivity (Wildman–Crippen MR) is 86.7 cm³/mol. The number of hydrogen-bond acceptors (Lipinski definition) is 4. The highest BCUT2D eigenvalue weighted by molar-refractivity contribution is 6.01. The summed E-state index contributed by atoms with van der Waals surface area (Å²) in [7, 11) is 0. The minimum atomic E-state index is -0.874. The Balaban J connectivity index is 1.65. The molecule has 0 bridgehead atoms. The van der Waals surface area contributed by atoms with Crippen molar-refractivity contribution < 1.29 is 24.3 Å². The van der Waals surface area contributed by atoms with Crippen LogP contribution in [0.15, 0.2) is 24.3 Å². The Morgan fingerprint density at radius 3 is 2.52 bits per heavy atom. The second kappa shape index (κ2) is 6.92. The number of imide groups is 1. The number of nitrogens with one attached hydrogen (secondary N) is 1. The number of likely N-dealkylation sites (tertiary alicyclic amines) is 1. The third-order valence-electron chi connectivity index (χ3n) is 4.54. The van der Waals surface area contributed by atoms with Crippen molar-refractivity contribution in [2.24, 2.45) is 5.92 Å². The van der Waals surface area contributed by atoms with Gasteiger partial charge in [-0.25, -0.2) is 4.79 Å². The van der Waals surface area contributed by atoms with Gasteiger partial charge in [-0.05, 0) is 30.5 Å². The first-order valence-corrected chi connectivity index (χ1v) is 8.15. The van der Waals surface area contributed by atoms with Crippen LogP contribution >= 0.6 is 0 Å². The maximum absolute atomic E-state index is 12.5. The molecular weight excluding hydrogens is 326 g/mol. The standard InChI is InChI=1S/C17H19N3O5/c21-14-8-18-17(25)20(14)9-11-3-5-12(6-4-11)15(22)19-7-1-2-13(10-19)16(23)24/h3-6,13H,1-2,7-10H2,(H,18,25)(H,23,24). The molecule has 1 aromatic rings. The molecule has 2 fully saturated rings. The van der Waals surface area contributed by atoms with E-state index < -0.39 is 17.9 Å². The lowest BCUT2D eigenvalue weighted by molar-refractivity contribution is -0.143. The van der Waals surface area contributed by atoms with Crippen LogP contribution in [0.1, 0.15) is 28.8 Å².